The molecule has 1 amide bonds. The van der Waals surface area contributed by atoms with Crippen LogP contribution in [-0.4, -0.2) is 40.6 Å². The number of carbonyl (C=O) groups is 1. The van der Waals surface area contributed by atoms with Crippen molar-refractivity contribution in [1.29, 1.82) is 0 Å². The van der Waals surface area contributed by atoms with E-state index in [0.29, 0.717) is 13.2 Å². The van der Waals surface area contributed by atoms with E-state index in [1.807, 2.05) is 58.0 Å². The van der Waals surface area contributed by atoms with E-state index in [2.05, 4.69) is 0 Å². The number of fused-ring (bicyclic) bond motifs is 1. The molecule has 1 aromatic heterocycles. The first kappa shape index (κ1) is 18.3. The number of hydrogen-bond acceptors (Lipinski definition) is 4. The Morgan fingerprint density at radius 1 is 1.00 bits per heavy atom. The Morgan fingerprint density at radius 3 is 2.46 bits per heavy atom. The lowest BCUT2D eigenvalue weighted by Crippen LogP contribution is -2.38. The van der Waals surface area contributed by atoms with Crippen LogP contribution in [0, 0.1) is 0 Å². The largest absolute Gasteiger partial charge is 0.497 e. The summed E-state index contributed by atoms with van der Waals surface area (Å²) in [7, 11) is 1.64. The molecule has 4 rings (SSSR count). The van der Waals surface area contributed by atoms with Gasteiger partial charge in [-0.25, -0.2) is 4.98 Å². The molecule has 0 atom stereocenters. The summed E-state index contributed by atoms with van der Waals surface area (Å²) in [6.07, 6.45) is 3.38. The summed E-state index contributed by atoms with van der Waals surface area (Å²) < 4.78 is 13.1. The highest BCUT2D eigenvalue weighted by atomic mass is 16.5. The van der Waals surface area contributed by atoms with Gasteiger partial charge < -0.3 is 18.9 Å². The number of rotatable bonds is 6. The molecule has 1 aliphatic heterocycles. The molecule has 1 fully saturated rings. The second kappa shape index (κ2) is 8.33. The van der Waals surface area contributed by atoms with Crippen molar-refractivity contribution in [3.8, 4) is 11.5 Å². The fraction of sp³-hybridized carbons (Fsp3) is 0.364. The number of hydrogen-bond donors (Lipinski definition) is 0. The van der Waals surface area contributed by atoms with E-state index in [-0.39, 0.29) is 5.91 Å². The maximum absolute atomic E-state index is 12.8. The lowest BCUT2D eigenvalue weighted by molar-refractivity contribution is -0.132. The van der Waals surface area contributed by atoms with E-state index in [1.165, 1.54) is 6.42 Å². The van der Waals surface area contributed by atoms with Gasteiger partial charge in [0.2, 0.25) is 5.91 Å². The second-order valence-corrected chi connectivity index (χ2v) is 7.01. The van der Waals surface area contributed by atoms with E-state index in [1.54, 1.807) is 7.11 Å². The molecule has 0 bridgehead atoms. The third kappa shape index (κ3) is 3.96. The fourth-order valence-corrected chi connectivity index (χ4v) is 3.61. The van der Waals surface area contributed by atoms with Crippen LogP contribution in [0.3, 0.4) is 0 Å². The summed E-state index contributed by atoms with van der Waals surface area (Å²) in [6, 6.07) is 15.4. The maximum Gasteiger partial charge on any atom is 0.242 e. The Labute approximate surface area is 164 Å². The molecular weight excluding hydrogens is 354 g/mol. The summed E-state index contributed by atoms with van der Waals surface area (Å²) in [5, 5.41) is 0. The van der Waals surface area contributed by atoms with E-state index < -0.39 is 0 Å². The molecule has 0 aliphatic carbocycles. The molecule has 1 aliphatic rings. The van der Waals surface area contributed by atoms with Crippen LogP contribution in [0.15, 0.2) is 48.5 Å². The van der Waals surface area contributed by atoms with Crippen LogP contribution < -0.4 is 9.47 Å². The first-order chi connectivity index (χ1) is 13.7. The highest BCUT2D eigenvalue weighted by Gasteiger charge is 2.20. The number of para-hydroxylation sites is 2. The molecule has 2 aromatic carbocycles. The fourth-order valence-electron chi connectivity index (χ4n) is 3.61. The standard InChI is InChI=1S/C22H25N3O3/c1-27-17-9-11-18(12-10-17)28-16-21-23-19-7-3-4-8-20(19)25(21)15-22(26)24-13-5-2-6-14-24/h3-4,7-12H,2,5-6,13-16H2,1H3. The minimum atomic E-state index is 0.147. The molecule has 6 nitrogen and oxygen atoms in total. The Bertz CT molecular complexity index is 943. The van der Waals surface area contributed by atoms with Gasteiger partial charge in [-0.3, -0.25) is 4.79 Å². The number of imidazole rings is 1. The van der Waals surface area contributed by atoms with Gasteiger partial charge in [0.15, 0.2) is 0 Å². The van der Waals surface area contributed by atoms with E-state index in [4.69, 9.17) is 14.5 Å². The number of nitrogens with zero attached hydrogens (tertiary/aromatic N) is 3. The van der Waals surface area contributed by atoms with Crippen LogP contribution in [0.4, 0.5) is 0 Å². The van der Waals surface area contributed by atoms with Gasteiger partial charge in [-0.15, -0.1) is 0 Å². The Balaban J connectivity index is 1.54. The average Bonchev–Trinajstić information content (AvgIpc) is 3.10. The summed E-state index contributed by atoms with van der Waals surface area (Å²) in [6.45, 7) is 2.29. The van der Waals surface area contributed by atoms with Gasteiger partial charge in [0.1, 0.15) is 30.5 Å². The summed E-state index contributed by atoms with van der Waals surface area (Å²) in [5.41, 5.74) is 1.84. The molecule has 2 heterocycles. The molecule has 0 saturated carbocycles. The number of benzene rings is 2. The van der Waals surface area contributed by atoms with Crippen molar-refractivity contribution in [3.05, 3.63) is 54.4 Å². The molecule has 0 spiro atoms. The minimum absolute atomic E-state index is 0.147. The van der Waals surface area contributed by atoms with Gasteiger partial charge >= 0.3 is 0 Å². The zero-order valence-corrected chi connectivity index (χ0v) is 16.1. The average molecular weight is 379 g/mol. The number of carbonyl (C=O) groups excluding carboxylic acids is 1. The van der Waals surface area contributed by atoms with Gasteiger partial charge in [0.05, 0.1) is 18.1 Å². The lowest BCUT2D eigenvalue weighted by atomic mass is 10.1. The van der Waals surface area contributed by atoms with Crippen LogP contribution in [0.1, 0.15) is 25.1 Å². The van der Waals surface area contributed by atoms with Crippen LogP contribution in [0.5, 0.6) is 11.5 Å². The van der Waals surface area contributed by atoms with Gasteiger partial charge in [-0.05, 0) is 55.7 Å². The summed E-state index contributed by atoms with van der Waals surface area (Å²) in [5.74, 6) is 2.42. The number of likely N-dealkylation sites (tertiary alicyclic amines) is 1. The Morgan fingerprint density at radius 2 is 1.71 bits per heavy atom. The molecule has 28 heavy (non-hydrogen) atoms. The van der Waals surface area contributed by atoms with E-state index in [0.717, 1.165) is 54.3 Å². The van der Waals surface area contributed by atoms with Crippen molar-refractivity contribution in [2.24, 2.45) is 0 Å². The maximum atomic E-state index is 12.8. The van der Waals surface area contributed by atoms with Crippen molar-refractivity contribution >= 4 is 16.9 Å². The minimum Gasteiger partial charge on any atom is -0.497 e. The number of methoxy groups -OCH3 is 1. The predicted octanol–water partition coefficient (Wildman–Crippen LogP) is 3.64. The highest BCUT2D eigenvalue weighted by Crippen LogP contribution is 2.21. The number of amides is 1. The number of piperidine rings is 1. The lowest BCUT2D eigenvalue weighted by Gasteiger charge is -2.27. The van der Waals surface area contributed by atoms with Crippen molar-refractivity contribution in [1.82, 2.24) is 14.5 Å². The monoisotopic (exact) mass is 379 g/mol. The summed E-state index contributed by atoms with van der Waals surface area (Å²) in [4.78, 5) is 19.5. The topological polar surface area (TPSA) is 56.6 Å². The Kier molecular flexibility index (Phi) is 5.46. The Hall–Kier alpha value is -3.02. The van der Waals surface area contributed by atoms with Crippen molar-refractivity contribution in [3.63, 3.8) is 0 Å². The van der Waals surface area contributed by atoms with Gasteiger partial charge in [-0.1, -0.05) is 12.1 Å². The van der Waals surface area contributed by atoms with Gasteiger partial charge in [-0.2, -0.15) is 0 Å². The molecule has 0 N–H and O–H groups in total. The highest BCUT2D eigenvalue weighted by molar-refractivity contribution is 5.81. The SMILES string of the molecule is COc1ccc(OCc2nc3ccccc3n2CC(=O)N2CCCCC2)cc1. The molecule has 3 aromatic rings. The zero-order valence-electron chi connectivity index (χ0n) is 16.1. The second-order valence-electron chi connectivity index (χ2n) is 7.01. The van der Waals surface area contributed by atoms with Crippen LogP contribution in [0.2, 0.25) is 0 Å². The zero-order chi connectivity index (χ0) is 19.3. The quantitative estimate of drug-likeness (QED) is 0.656. The molecule has 146 valence electrons. The third-order valence-electron chi connectivity index (χ3n) is 5.16. The normalized spacial score (nSPS) is 14.2. The van der Waals surface area contributed by atoms with Crippen LogP contribution >= 0.6 is 0 Å². The smallest absolute Gasteiger partial charge is 0.242 e. The van der Waals surface area contributed by atoms with Crippen molar-refractivity contribution < 1.29 is 14.3 Å². The number of ether oxygens (including phenoxy) is 2. The van der Waals surface area contributed by atoms with Crippen LogP contribution in [-0.2, 0) is 17.9 Å². The molecular formula is C22H25N3O3. The molecule has 0 radical (unpaired) electrons. The predicted molar refractivity (Wildman–Crippen MR) is 107 cm³/mol. The molecule has 1 saturated heterocycles. The molecule has 6 heteroatoms. The first-order valence-electron chi connectivity index (χ1n) is 9.73. The van der Waals surface area contributed by atoms with Crippen molar-refractivity contribution in [2.75, 3.05) is 20.2 Å². The summed E-state index contributed by atoms with van der Waals surface area (Å²) >= 11 is 0. The first-order valence-corrected chi connectivity index (χ1v) is 9.73. The van der Waals surface area contributed by atoms with Crippen molar-refractivity contribution in [2.45, 2.75) is 32.4 Å². The molecule has 0 unspecified atom stereocenters. The van der Waals surface area contributed by atoms with E-state index in [9.17, 15) is 4.79 Å². The van der Waals surface area contributed by atoms with E-state index >= 15 is 0 Å². The third-order valence-corrected chi connectivity index (χ3v) is 5.16. The van der Waals surface area contributed by atoms with Gasteiger partial charge in [0.25, 0.3) is 0 Å². The van der Waals surface area contributed by atoms with Crippen LogP contribution in [0.25, 0.3) is 11.0 Å². The number of aromatic nitrogens is 2. The van der Waals surface area contributed by atoms with Gasteiger partial charge in [0, 0.05) is 13.1 Å².